The summed E-state index contributed by atoms with van der Waals surface area (Å²) in [5, 5.41) is 3.43. The zero-order valence-electron chi connectivity index (χ0n) is 10.7. The highest BCUT2D eigenvalue weighted by Crippen LogP contribution is 2.26. The minimum absolute atomic E-state index is 0.179. The van der Waals surface area contributed by atoms with Crippen LogP contribution in [0.1, 0.15) is 31.2 Å². The van der Waals surface area contributed by atoms with E-state index in [2.05, 4.69) is 17.4 Å². The van der Waals surface area contributed by atoms with Crippen molar-refractivity contribution < 1.29 is 13.2 Å². The molecule has 0 spiro atoms. The van der Waals surface area contributed by atoms with E-state index in [0.717, 1.165) is 11.4 Å². The average molecular weight is 289 g/mol. The molecule has 1 nitrogen and oxygen atoms in total. The maximum absolute atomic E-state index is 12.0. The smallest absolute Gasteiger partial charge is 0.310 e. The summed E-state index contributed by atoms with van der Waals surface area (Å²) in [6, 6.07) is 8.71. The zero-order chi connectivity index (χ0) is 13.7. The van der Waals surface area contributed by atoms with Crippen LogP contribution in [0, 0.1) is 0 Å². The summed E-state index contributed by atoms with van der Waals surface area (Å²) in [6.45, 7) is 0.849. The lowest BCUT2D eigenvalue weighted by Gasteiger charge is -2.07. The minimum Gasteiger partial charge on any atom is -0.310 e. The Balaban J connectivity index is 1.71. The number of nitrogens with one attached hydrogen (secondary N) is 1. The third-order valence-corrected chi connectivity index (χ3v) is 4.02. The lowest BCUT2D eigenvalue weighted by molar-refractivity contribution is -0.134. The van der Waals surface area contributed by atoms with Crippen LogP contribution in [0.4, 0.5) is 13.2 Å². The number of thioether (sulfide) groups is 1. The predicted octanol–water partition coefficient (Wildman–Crippen LogP) is 4.37. The molecule has 1 aromatic rings. The first kappa shape index (κ1) is 14.7. The molecule has 2 rings (SSSR count). The molecule has 0 aliphatic heterocycles. The fourth-order valence-corrected chi connectivity index (χ4v) is 2.69. The Hall–Kier alpha value is -0.680. The van der Waals surface area contributed by atoms with E-state index < -0.39 is 12.6 Å². The van der Waals surface area contributed by atoms with Gasteiger partial charge in [0.2, 0.25) is 0 Å². The monoisotopic (exact) mass is 289 g/mol. The molecular formula is C14H18F3NS. The van der Waals surface area contributed by atoms with Crippen molar-refractivity contribution >= 4 is 11.8 Å². The normalized spacial score (nSPS) is 15.7. The number of benzene rings is 1. The quantitative estimate of drug-likeness (QED) is 0.591. The first-order valence-corrected chi connectivity index (χ1v) is 7.53. The van der Waals surface area contributed by atoms with Gasteiger partial charge in [-0.15, -0.1) is 11.8 Å². The second-order valence-electron chi connectivity index (χ2n) is 4.87. The van der Waals surface area contributed by atoms with Crippen LogP contribution >= 0.6 is 11.8 Å². The van der Waals surface area contributed by atoms with Crippen molar-refractivity contribution in [2.45, 2.75) is 49.3 Å². The van der Waals surface area contributed by atoms with Crippen LogP contribution in [0.3, 0.4) is 0 Å². The van der Waals surface area contributed by atoms with Gasteiger partial charge in [-0.2, -0.15) is 13.2 Å². The number of alkyl halides is 3. The maximum atomic E-state index is 12.0. The standard InChI is InChI=1S/C14H18F3NS/c15-14(16,17)7-2-8-19-13-4-1-3-11(9-13)10-18-12-5-6-12/h1,3-4,9,12,18H,2,5-8,10H2. The molecule has 0 unspecified atom stereocenters. The fraction of sp³-hybridized carbons (Fsp3) is 0.571. The SMILES string of the molecule is FC(F)(F)CCCSc1cccc(CNC2CC2)c1. The van der Waals surface area contributed by atoms with Gasteiger partial charge in [0.1, 0.15) is 0 Å². The molecule has 0 amide bonds. The molecule has 0 radical (unpaired) electrons. The van der Waals surface area contributed by atoms with Gasteiger partial charge in [-0.25, -0.2) is 0 Å². The molecule has 0 heterocycles. The third kappa shape index (κ3) is 6.34. The van der Waals surface area contributed by atoms with E-state index in [1.165, 1.54) is 30.2 Å². The first-order chi connectivity index (χ1) is 9.03. The predicted molar refractivity (Wildman–Crippen MR) is 72.3 cm³/mol. The van der Waals surface area contributed by atoms with Crippen LogP contribution in [0.15, 0.2) is 29.2 Å². The second-order valence-corrected chi connectivity index (χ2v) is 6.04. The highest BCUT2D eigenvalue weighted by Gasteiger charge is 2.25. The third-order valence-electron chi connectivity index (χ3n) is 2.94. The lowest BCUT2D eigenvalue weighted by Crippen LogP contribution is -2.15. The Morgan fingerprint density at radius 3 is 2.74 bits per heavy atom. The Morgan fingerprint density at radius 2 is 2.05 bits per heavy atom. The van der Waals surface area contributed by atoms with Crippen molar-refractivity contribution in [3.05, 3.63) is 29.8 Å². The highest BCUT2D eigenvalue weighted by molar-refractivity contribution is 7.99. The number of hydrogen-bond donors (Lipinski definition) is 1. The van der Waals surface area contributed by atoms with Crippen molar-refractivity contribution in [3.8, 4) is 0 Å². The molecule has 19 heavy (non-hydrogen) atoms. The van der Waals surface area contributed by atoms with Crippen LogP contribution in [0.2, 0.25) is 0 Å². The van der Waals surface area contributed by atoms with E-state index in [1.807, 2.05) is 12.1 Å². The molecule has 0 bridgehead atoms. The summed E-state index contributed by atoms with van der Waals surface area (Å²) in [5.74, 6) is 0.513. The maximum Gasteiger partial charge on any atom is 0.389 e. The molecular weight excluding hydrogens is 271 g/mol. The molecule has 106 valence electrons. The van der Waals surface area contributed by atoms with E-state index in [0.29, 0.717) is 11.8 Å². The van der Waals surface area contributed by atoms with Crippen LogP contribution in [-0.2, 0) is 6.54 Å². The molecule has 5 heteroatoms. The largest absolute Gasteiger partial charge is 0.389 e. The molecule has 1 aromatic carbocycles. The van der Waals surface area contributed by atoms with Gasteiger partial charge in [0.05, 0.1) is 0 Å². The van der Waals surface area contributed by atoms with Crippen LogP contribution in [0.25, 0.3) is 0 Å². The van der Waals surface area contributed by atoms with Gasteiger partial charge in [-0.05, 0) is 42.7 Å². The van der Waals surface area contributed by atoms with E-state index in [1.54, 1.807) is 0 Å². The van der Waals surface area contributed by atoms with E-state index >= 15 is 0 Å². The highest BCUT2D eigenvalue weighted by atomic mass is 32.2. The second kappa shape index (κ2) is 6.66. The summed E-state index contributed by atoms with van der Waals surface area (Å²) >= 11 is 1.50. The average Bonchev–Trinajstić information content (AvgIpc) is 3.16. The number of hydrogen-bond acceptors (Lipinski definition) is 2. The first-order valence-electron chi connectivity index (χ1n) is 6.55. The topological polar surface area (TPSA) is 12.0 Å². The molecule has 1 saturated carbocycles. The summed E-state index contributed by atoms with van der Waals surface area (Å²) in [6.07, 6.45) is -2.03. The summed E-state index contributed by atoms with van der Waals surface area (Å²) in [4.78, 5) is 1.05. The summed E-state index contributed by atoms with van der Waals surface area (Å²) in [7, 11) is 0. The molecule has 1 aliphatic rings. The molecule has 1 fully saturated rings. The Labute approximate surface area is 116 Å². The van der Waals surface area contributed by atoms with Gasteiger partial charge >= 0.3 is 6.18 Å². The van der Waals surface area contributed by atoms with E-state index in [4.69, 9.17) is 0 Å². The van der Waals surface area contributed by atoms with Crippen molar-refractivity contribution in [2.24, 2.45) is 0 Å². The van der Waals surface area contributed by atoms with E-state index in [9.17, 15) is 13.2 Å². The van der Waals surface area contributed by atoms with Crippen LogP contribution < -0.4 is 5.32 Å². The molecule has 0 atom stereocenters. The Bertz CT molecular complexity index is 402. The molecule has 0 aromatic heterocycles. The summed E-state index contributed by atoms with van der Waals surface area (Å²) < 4.78 is 36.0. The Kier molecular flexibility index (Phi) is 5.16. The van der Waals surface area contributed by atoms with Crippen molar-refractivity contribution in [1.29, 1.82) is 0 Å². The van der Waals surface area contributed by atoms with Crippen LogP contribution in [-0.4, -0.2) is 18.0 Å². The van der Waals surface area contributed by atoms with Gasteiger partial charge < -0.3 is 5.32 Å². The van der Waals surface area contributed by atoms with Gasteiger partial charge in [0.25, 0.3) is 0 Å². The lowest BCUT2D eigenvalue weighted by atomic mass is 10.2. The van der Waals surface area contributed by atoms with Crippen LogP contribution in [0.5, 0.6) is 0 Å². The van der Waals surface area contributed by atoms with E-state index in [-0.39, 0.29) is 6.42 Å². The number of rotatable bonds is 7. The van der Waals surface area contributed by atoms with Gasteiger partial charge in [0, 0.05) is 23.9 Å². The molecule has 1 N–H and O–H groups in total. The summed E-state index contributed by atoms with van der Waals surface area (Å²) in [5.41, 5.74) is 1.20. The van der Waals surface area contributed by atoms with Crippen molar-refractivity contribution in [2.75, 3.05) is 5.75 Å². The fourth-order valence-electron chi connectivity index (χ4n) is 1.76. The number of halogens is 3. The minimum atomic E-state index is -4.03. The Morgan fingerprint density at radius 1 is 1.26 bits per heavy atom. The van der Waals surface area contributed by atoms with Gasteiger partial charge in [-0.1, -0.05) is 12.1 Å². The van der Waals surface area contributed by atoms with Crippen molar-refractivity contribution in [3.63, 3.8) is 0 Å². The molecule has 0 saturated heterocycles. The van der Waals surface area contributed by atoms with Gasteiger partial charge in [0.15, 0.2) is 0 Å². The molecule has 1 aliphatic carbocycles. The zero-order valence-corrected chi connectivity index (χ0v) is 11.5. The van der Waals surface area contributed by atoms with Crippen molar-refractivity contribution in [1.82, 2.24) is 5.32 Å². The van der Waals surface area contributed by atoms with Gasteiger partial charge in [-0.3, -0.25) is 0 Å².